The predicted molar refractivity (Wildman–Crippen MR) is 96.9 cm³/mol. The number of hydrogen-bond acceptors (Lipinski definition) is 3. The zero-order chi connectivity index (χ0) is 18.4. The zero-order valence-electron chi connectivity index (χ0n) is 14.6. The minimum Gasteiger partial charge on any atom is -0.493 e. The van der Waals surface area contributed by atoms with E-state index in [2.05, 4.69) is 29.2 Å². The van der Waals surface area contributed by atoms with Crippen LogP contribution in [0.15, 0.2) is 48.5 Å². The highest BCUT2D eigenvalue weighted by Gasteiger charge is 2.20. The summed E-state index contributed by atoms with van der Waals surface area (Å²) in [6.07, 6.45) is -0.0496. The van der Waals surface area contributed by atoms with Gasteiger partial charge in [-0.25, -0.2) is 9.18 Å². The van der Waals surface area contributed by atoms with E-state index in [0.29, 0.717) is 25.4 Å². The van der Waals surface area contributed by atoms with Crippen LogP contribution in [-0.4, -0.2) is 53.8 Å². The summed E-state index contributed by atoms with van der Waals surface area (Å²) in [6, 6.07) is 14.4. The molecule has 1 amide bonds. The first kappa shape index (κ1) is 18.2. The lowest BCUT2D eigenvalue weighted by Crippen LogP contribution is -2.47. The molecular formula is C20H23FN2O3. The van der Waals surface area contributed by atoms with Gasteiger partial charge in [-0.2, -0.15) is 0 Å². The van der Waals surface area contributed by atoms with Crippen molar-refractivity contribution in [2.75, 3.05) is 32.8 Å². The van der Waals surface area contributed by atoms with Crippen molar-refractivity contribution in [1.29, 1.82) is 0 Å². The molecule has 1 N–H and O–H groups in total. The van der Waals surface area contributed by atoms with Gasteiger partial charge in [0.1, 0.15) is 11.6 Å². The standard InChI is InChI=1S/C20H23FN2O3/c21-18-5-7-19(8-6-18)26-14-9-16-1-3-17(4-2-16)15-22-10-12-23(13-11-22)20(24)25/h1-8H,9-15H2,(H,24,25). The minimum atomic E-state index is -0.836. The molecule has 1 aliphatic heterocycles. The van der Waals surface area contributed by atoms with Crippen molar-refractivity contribution in [3.05, 3.63) is 65.5 Å². The van der Waals surface area contributed by atoms with E-state index in [1.54, 1.807) is 12.1 Å². The summed E-state index contributed by atoms with van der Waals surface area (Å²) in [5.41, 5.74) is 2.41. The second-order valence-electron chi connectivity index (χ2n) is 6.41. The van der Waals surface area contributed by atoms with Gasteiger partial charge in [-0.15, -0.1) is 0 Å². The fourth-order valence-electron chi connectivity index (χ4n) is 2.98. The van der Waals surface area contributed by atoms with Crippen LogP contribution < -0.4 is 4.74 Å². The monoisotopic (exact) mass is 358 g/mol. The Morgan fingerprint density at radius 2 is 1.58 bits per heavy atom. The zero-order valence-corrected chi connectivity index (χ0v) is 14.6. The lowest BCUT2D eigenvalue weighted by atomic mass is 10.1. The molecule has 2 aromatic rings. The van der Waals surface area contributed by atoms with Crippen LogP contribution in [-0.2, 0) is 13.0 Å². The summed E-state index contributed by atoms with van der Waals surface area (Å²) in [5, 5.41) is 8.98. The van der Waals surface area contributed by atoms with Gasteiger partial charge in [0.25, 0.3) is 0 Å². The number of halogens is 1. The summed E-state index contributed by atoms with van der Waals surface area (Å²) in [6.45, 7) is 4.03. The van der Waals surface area contributed by atoms with Gasteiger partial charge < -0.3 is 14.7 Å². The molecule has 1 fully saturated rings. The second kappa shape index (κ2) is 8.67. The third-order valence-electron chi connectivity index (χ3n) is 4.55. The van der Waals surface area contributed by atoms with Crippen molar-refractivity contribution in [3.63, 3.8) is 0 Å². The average molecular weight is 358 g/mol. The van der Waals surface area contributed by atoms with Crippen LogP contribution in [0.1, 0.15) is 11.1 Å². The van der Waals surface area contributed by atoms with E-state index in [1.807, 2.05) is 0 Å². The largest absolute Gasteiger partial charge is 0.493 e. The summed E-state index contributed by atoms with van der Waals surface area (Å²) in [4.78, 5) is 14.7. The van der Waals surface area contributed by atoms with E-state index in [-0.39, 0.29) is 5.82 Å². The van der Waals surface area contributed by atoms with Gasteiger partial charge in [-0.05, 0) is 35.4 Å². The fraction of sp³-hybridized carbons (Fsp3) is 0.350. The molecule has 1 saturated heterocycles. The summed E-state index contributed by atoms with van der Waals surface area (Å²) in [7, 11) is 0. The summed E-state index contributed by atoms with van der Waals surface area (Å²) < 4.78 is 18.5. The topological polar surface area (TPSA) is 53.0 Å². The summed E-state index contributed by atoms with van der Waals surface area (Å²) >= 11 is 0. The number of amides is 1. The second-order valence-corrected chi connectivity index (χ2v) is 6.41. The van der Waals surface area contributed by atoms with E-state index in [4.69, 9.17) is 9.84 Å². The van der Waals surface area contributed by atoms with Gasteiger partial charge in [0.15, 0.2) is 0 Å². The molecule has 0 unspecified atom stereocenters. The van der Waals surface area contributed by atoms with Crippen LogP contribution in [0.4, 0.5) is 9.18 Å². The van der Waals surface area contributed by atoms with Crippen LogP contribution >= 0.6 is 0 Å². The third kappa shape index (κ3) is 5.20. The van der Waals surface area contributed by atoms with Crippen molar-refractivity contribution in [2.45, 2.75) is 13.0 Å². The molecule has 0 aromatic heterocycles. The molecule has 6 heteroatoms. The van der Waals surface area contributed by atoms with E-state index >= 15 is 0 Å². The normalized spacial score (nSPS) is 15.0. The molecule has 0 radical (unpaired) electrons. The fourth-order valence-corrected chi connectivity index (χ4v) is 2.98. The van der Waals surface area contributed by atoms with E-state index in [0.717, 1.165) is 26.1 Å². The highest BCUT2D eigenvalue weighted by molar-refractivity contribution is 5.65. The maximum atomic E-state index is 12.8. The molecule has 0 bridgehead atoms. The molecule has 5 nitrogen and oxygen atoms in total. The van der Waals surface area contributed by atoms with Crippen molar-refractivity contribution >= 4 is 6.09 Å². The van der Waals surface area contributed by atoms with Gasteiger partial charge in [-0.1, -0.05) is 24.3 Å². The molecule has 1 aliphatic rings. The predicted octanol–water partition coefficient (Wildman–Crippen LogP) is 3.24. The number of piperazine rings is 1. The molecule has 2 aromatic carbocycles. The number of benzene rings is 2. The third-order valence-corrected chi connectivity index (χ3v) is 4.55. The Morgan fingerprint density at radius 1 is 0.962 bits per heavy atom. The van der Waals surface area contributed by atoms with Gasteiger partial charge in [0, 0.05) is 39.1 Å². The van der Waals surface area contributed by atoms with Crippen molar-refractivity contribution in [3.8, 4) is 5.75 Å². The maximum absolute atomic E-state index is 12.8. The van der Waals surface area contributed by atoms with Crippen LogP contribution in [0.5, 0.6) is 5.75 Å². The first-order valence-corrected chi connectivity index (χ1v) is 8.76. The molecule has 1 heterocycles. The van der Waals surface area contributed by atoms with Crippen molar-refractivity contribution in [2.24, 2.45) is 0 Å². The van der Waals surface area contributed by atoms with E-state index in [1.165, 1.54) is 28.2 Å². The lowest BCUT2D eigenvalue weighted by Gasteiger charge is -2.33. The van der Waals surface area contributed by atoms with Crippen LogP contribution in [0.2, 0.25) is 0 Å². The Balaban J connectivity index is 1.42. The summed E-state index contributed by atoms with van der Waals surface area (Å²) in [5.74, 6) is 0.404. The number of rotatable bonds is 6. The molecule has 26 heavy (non-hydrogen) atoms. The average Bonchev–Trinajstić information content (AvgIpc) is 2.65. The number of ether oxygens (including phenoxy) is 1. The lowest BCUT2D eigenvalue weighted by molar-refractivity contribution is 0.103. The molecule has 138 valence electrons. The molecule has 3 rings (SSSR count). The van der Waals surface area contributed by atoms with Crippen molar-refractivity contribution < 1.29 is 19.0 Å². The van der Waals surface area contributed by atoms with E-state index in [9.17, 15) is 9.18 Å². The Kier molecular flexibility index (Phi) is 6.07. The van der Waals surface area contributed by atoms with Gasteiger partial charge >= 0.3 is 6.09 Å². The quantitative estimate of drug-likeness (QED) is 0.861. The Morgan fingerprint density at radius 3 is 2.19 bits per heavy atom. The molecule has 0 saturated carbocycles. The minimum absolute atomic E-state index is 0.266. The Bertz CT molecular complexity index is 711. The number of carboxylic acid groups (broad SMARTS) is 1. The van der Waals surface area contributed by atoms with Gasteiger partial charge in [0.05, 0.1) is 6.61 Å². The maximum Gasteiger partial charge on any atom is 0.407 e. The van der Waals surface area contributed by atoms with Gasteiger partial charge in [0.2, 0.25) is 0 Å². The highest BCUT2D eigenvalue weighted by atomic mass is 19.1. The molecular weight excluding hydrogens is 335 g/mol. The number of nitrogens with zero attached hydrogens (tertiary/aromatic N) is 2. The smallest absolute Gasteiger partial charge is 0.407 e. The molecule has 0 spiro atoms. The number of hydrogen-bond donors (Lipinski definition) is 1. The van der Waals surface area contributed by atoms with Crippen LogP contribution in [0.25, 0.3) is 0 Å². The molecule has 0 atom stereocenters. The van der Waals surface area contributed by atoms with Crippen LogP contribution in [0.3, 0.4) is 0 Å². The highest BCUT2D eigenvalue weighted by Crippen LogP contribution is 2.13. The Hall–Kier alpha value is -2.60. The van der Waals surface area contributed by atoms with E-state index < -0.39 is 6.09 Å². The first-order valence-electron chi connectivity index (χ1n) is 8.76. The SMILES string of the molecule is O=C(O)N1CCN(Cc2ccc(CCOc3ccc(F)cc3)cc2)CC1. The molecule has 0 aliphatic carbocycles. The van der Waals surface area contributed by atoms with Crippen LogP contribution in [0, 0.1) is 5.82 Å². The Labute approximate surface area is 152 Å². The van der Waals surface area contributed by atoms with Crippen molar-refractivity contribution in [1.82, 2.24) is 9.80 Å². The number of carbonyl (C=O) groups is 1. The van der Waals surface area contributed by atoms with Gasteiger partial charge in [-0.3, -0.25) is 4.90 Å². The first-order chi connectivity index (χ1) is 12.6.